The molecule has 1 N–H and O–H groups in total. The summed E-state index contributed by atoms with van der Waals surface area (Å²) in [6.07, 6.45) is 1.74. The third-order valence-corrected chi connectivity index (χ3v) is 8.60. The van der Waals surface area contributed by atoms with E-state index in [0.717, 1.165) is 25.9 Å². The van der Waals surface area contributed by atoms with Gasteiger partial charge >= 0.3 is 0 Å². The minimum atomic E-state index is -0.208. The molecule has 2 heterocycles. The molecule has 1 aliphatic heterocycles. The maximum absolute atomic E-state index is 13.2. The van der Waals surface area contributed by atoms with Gasteiger partial charge in [0.15, 0.2) is 5.13 Å². The molecule has 4 rings (SSSR count). The lowest BCUT2D eigenvalue weighted by Gasteiger charge is -2.34. The summed E-state index contributed by atoms with van der Waals surface area (Å²) in [6.45, 7) is 7.78. The monoisotopic (exact) mass is 537 g/mol. The highest BCUT2D eigenvalue weighted by atomic mass is 32.2. The number of nitrogens with zero attached hydrogens (tertiary/aromatic N) is 4. The quantitative estimate of drug-likeness (QED) is 0.497. The lowest BCUT2D eigenvalue weighted by atomic mass is 10.0. The van der Waals surface area contributed by atoms with Gasteiger partial charge in [-0.25, -0.2) is 4.98 Å². The smallest absolute Gasteiger partial charge is 0.257 e. The van der Waals surface area contributed by atoms with E-state index in [1.165, 1.54) is 23.1 Å². The molecule has 0 unspecified atom stereocenters. The van der Waals surface area contributed by atoms with Crippen LogP contribution in [0.5, 0.6) is 0 Å². The van der Waals surface area contributed by atoms with E-state index in [4.69, 9.17) is 0 Å². The van der Waals surface area contributed by atoms with Gasteiger partial charge in [-0.05, 0) is 61.4 Å². The summed E-state index contributed by atoms with van der Waals surface area (Å²) in [5.74, 6) is -0.189. The maximum atomic E-state index is 13.2. The molecule has 3 amide bonds. The Hall–Kier alpha value is -3.37. The van der Waals surface area contributed by atoms with Gasteiger partial charge in [0, 0.05) is 68.9 Å². The molecule has 0 saturated carbocycles. The van der Waals surface area contributed by atoms with Crippen LogP contribution in [0.2, 0.25) is 0 Å². The molecule has 0 bridgehead atoms. The van der Waals surface area contributed by atoms with Crippen molar-refractivity contribution in [1.29, 1.82) is 0 Å². The van der Waals surface area contributed by atoms with Crippen molar-refractivity contribution in [3.63, 3.8) is 0 Å². The molecule has 1 fully saturated rings. The third kappa shape index (κ3) is 6.31. The van der Waals surface area contributed by atoms with Crippen molar-refractivity contribution in [2.24, 2.45) is 0 Å². The molecule has 1 aromatic heterocycles. The second kappa shape index (κ2) is 11.4. The van der Waals surface area contributed by atoms with Crippen molar-refractivity contribution in [2.75, 3.05) is 50.5 Å². The standard InChI is InChI=1S/C27H31N5O3S2/c1-17-14-21(26(35)32-12-10-31(11-13-32)19(3)33)15-23(18(17)2)36-24-16-28-27(37-24)29-25(34)20-6-8-22(9-7-20)30(4)5/h6-9,14-16H,10-13H2,1-5H3,(H,28,29,34). The molecule has 0 aliphatic carbocycles. The molecule has 3 aromatic rings. The van der Waals surface area contributed by atoms with E-state index >= 15 is 0 Å². The topological polar surface area (TPSA) is 85.9 Å². The summed E-state index contributed by atoms with van der Waals surface area (Å²) in [4.78, 5) is 48.4. The summed E-state index contributed by atoms with van der Waals surface area (Å²) in [5, 5.41) is 3.40. The molecule has 8 nitrogen and oxygen atoms in total. The van der Waals surface area contributed by atoms with Crippen LogP contribution in [0.1, 0.15) is 38.8 Å². The predicted molar refractivity (Wildman–Crippen MR) is 149 cm³/mol. The van der Waals surface area contributed by atoms with Crippen LogP contribution in [0.3, 0.4) is 0 Å². The number of carbonyl (C=O) groups is 3. The van der Waals surface area contributed by atoms with Crippen LogP contribution in [0.25, 0.3) is 0 Å². The summed E-state index contributed by atoms with van der Waals surface area (Å²) < 4.78 is 0.917. The van der Waals surface area contributed by atoms with Crippen molar-refractivity contribution in [3.05, 3.63) is 64.8 Å². The number of anilines is 2. The first-order chi connectivity index (χ1) is 17.6. The van der Waals surface area contributed by atoms with Gasteiger partial charge in [-0.1, -0.05) is 23.1 Å². The highest BCUT2D eigenvalue weighted by Gasteiger charge is 2.24. The van der Waals surface area contributed by atoms with Gasteiger partial charge < -0.3 is 14.7 Å². The highest BCUT2D eigenvalue weighted by Crippen LogP contribution is 2.37. The number of aromatic nitrogens is 1. The van der Waals surface area contributed by atoms with Crippen LogP contribution >= 0.6 is 23.1 Å². The summed E-state index contributed by atoms with van der Waals surface area (Å²) in [5.41, 5.74) is 4.37. The number of thiazole rings is 1. The Morgan fingerprint density at radius 3 is 2.24 bits per heavy atom. The van der Waals surface area contributed by atoms with Crippen molar-refractivity contribution in [2.45, 2.75) is 29.9 Å². The zero-order valence-corrected chi connectivity index (χ0v) is 23.3. The Labute approximate surface area is 225 Å². The molecule has 1 aliphatic rings. The molecule has 2 aromatic carbocycles. The van der Waals surface area contributed by atoms with Crippen LogP contribution in [0.15, 0.2) is 51.7 Å². The molecule has 0 radical (unpaired) electrons. The summed E-state index contributed by atoms with van der Waals surface area (Å²) >= 11 is 2.93. The SMILES string of the molecule is CC(=O)N1CCN(C(=O)c2cc(C)c(C)c(Sc3cnc(NC(=O)c4ccc(N(C)C)cc4)s3)c2)CC1. The Morgan fingerprint density at radius 1 is 0.973 bits per heavy atom. The van der Waals surface area contributed by atoms with Gasteiger partial charge in [0.1, 0.15) is 0 Å². The van der Waals surface area contributed by atoms with Gasteiger partial charge in [0.25, 0.3) is 11.8 Å². The highest BCUT2D eigenvalue weighted by molar-refractivity contribution is 8.01. The van der Waals surface area contributed by atoms with E-state index in [9.17, 15) is 14.4 Å². The zero-order chi connectivity index (χ0) is 26.7. The average Bonchev–Trinajstić information content (AvgIpc) is 3.32. The van der Waals surface area contributed by atoms with Crippen molar-refractivity contribution < 1.29 is 14.4 Å². The molecule has 37 heavy (non-hydrogen) atoms. The minimum Gasteiger partial charge on any atom is -0.378 e. The van der Waals surface area contributed by atoms with Gasteiger partial charge in [-0.2, -0.15) is 0 Å². The van der Waals surface area contributed by atoms with E-state index < -0.39 is 0 Å². The number of nitrogens with one attached hydrogen (secondary N) is 1. The van der Waals surface area contributed by atoms with Crippen LogP contribution in [0, 0.1) is 13.8 Å². The molecular formula is C27H31N5O3S2. The number of piperazine rings is 1. The molecule has 0 spiro atoms. The summed E-state index contributed by atoms with van der Waals surface area (Å²) in [6, 6.07) is 11.3. The summed E-state index contributed by atoms with van der Waals surface area (Å²) in [7, 11) is 3.91. The number of rotatable bonds is 6. The van der Waals surface area contributed by atoms with Gasteiger partial charge in [0.2, 0.25) is 5.91 Å². The number of aryl methyl sites for hydroxylation is 1. The second-order valence-corrected chi connectivity index (χ2v) is 11.6. The fourth-order valence-electron chi connectivity index (χ4n) is 4.02. The molecule has 10 heteroatoms. The van der Waals surface area contributed by atoms with E-state index in [1.807, 2.05) is 62.0 Å². The molecular weight excluding hydrogens is 506 g/mol. The second-order valence-electron chi connectivity index (χ2n) is 9.20. The largest absolute Gasteiger partial charge is 0.378 e. The number of amides is 3. The number of carbonyl (C=O) groups excluding carboxylic acids is 3. The van der Waals surface area contributed by atoms with Crippen LogP contribution in [0.4, 0.5) is 10.8 Å². The van der Waals surface area contributed by atoms with E-state index in [0.29, 0.717) is 42.4 Å². The first-order valence-corrected chi connectivity index (χ1v) is 13.6. The lowest BCUT2D eigenvalue weighted by molar-refractivity contribution is -0.130. The van der Waals surface area contributed by atoms with Gasteiger partial charge in [0.05, 0.1) is 10.4 Å². The van der Waals surface area contributed by atoms with Crippen molar-refractivity contribution in [3.8, 4) is 0 Å². The van der Waals surface area contributed by atoms with Crippen molar-refractivity contribution >= 4 is 51.6 Å². The van der Waals surface area contributed by atoms with Crippen molar-refractivity contribution in [1.82, 2.24) is 14.8 Å². The lowest BCUT2D eigenvalue weighted by Crippen LogP contribution is -2.50. The van der Waals surface area contributed by atoms with E-state index in [2.05, 4.69) is 10.3 Å². The zero-order valence-electron chi connectivity index (χ0n) is 21.7. The fourth-order valence-corrected chi connectivity index (χ4v) is 6.06. The molecule has 1 saturated heterocycles. The number of hydrogen-bond acceptors (Lipinski definition) is 7. The average molecular weight is 538 g/mol. The van der Waals surface area contributed by atoms with E-state index in [-0.39, 0.29) is 17.7 Å². The molecule has 194 valence electrons. The van der Waals surface area contributed by atoms with E-state index in [1.54, 1.807) is 30.2 Å². The first-order valence-electron chi connectivity index (χ1n) is 12.0. The number of benzene rings is 2. The Balaban J connectivity index is 1.44. The Morgan fingerprint density at radius 2 is 1.62 bits per heavy atom. The fraction of sp³-hybridized carbons (Fsp3) is 0.333. The Bertz CT molecular complexity index is 1310. The van der Waals surface area contributed by atoms with Crippen LogP contribution in [-0.2, 0) is 4.79 Å². The third-order valence-electron chi connectivity index (χ3n) is 6.44. The minimum absolute atomic E-state index is 0.0225. The predicted octanol–water partition coefficient (Wildman–Crippen LogP) is 4.53. The number of hydrogen-bond donors (Lipinski definition) is 1. The van der Waals surface area contributed by atoms with Crippen LogP contribution < -0.4 is 10.2 Å². The van der Waals surface area contributed by atoms with Crippen LogP contribution in [-0.4, -0.2) is 72.8 Å². The molecule has 0 atom stereocenters. The normalized spacial score (nSPS) is 13.4. The van der Waals surface area contributed by atoms with Gasteiger partial charge in [-0.15, -0.1) is 0 Å². The van der Waals surface area contributed by atoms with Gasteiger partial charge in [-0.3, -0.25) is 19.7 Å². The Kier molecular flexibility index (Phi) is 8.19. The first kappa shape index (κ1) is 26.7. The maximum Gasteiger partial charge on any atom is 0.257 e.